The van der Waals surface area contributed by atoms with E-state index in [-0.39, 0.29) is 17.5 Å². The second-order valence-corrected chi connectivity index (χ2v) is 5.24. The minimum atomic E-state index is -0.461. The van der Waals surface area contributed by atoms with Crippen molar-refractivity contribution in [3.63, 3.8) is 0 Å². The Balaban J connectivity index is 0.000000235. The summed E-state index contributed by atoms with van der Waals surface area (Å²) in [4.78, 5) is 30.9. The fraction of sp³-hybridized carbons (Fsp3) is 0.333. The maximum atomic E-state index is 10.5. The lowest BCUT2D eigenvalue weighted by Gasteiger charge is -2.02. The Hall–Kier alpha value is -1.48. The summed E-state index contributed by atoms with van der Waals surface area (Å²) < 4.78 is 5.87. The van der Waals surface area contributed by atoms with Crippen molar-refractivity contribution in [2.75, 3.05) is 7.11 Å². The number of amides is 2. The summed E-state index contributed by atoms with van der Waals surface area (Å²) in [6.07, 6.45) is 0.703. The van der Waals surface area contributed by atoms with E-state index in [1.807, 2.05) is 0 Å². The van der Waals surface area contributed by atoms with Crippen molar-refractivity contribution >= 4 is 49.6 Å². The molecule has 7 nitrogen and oxygen atoms in total. The molecule has 1 heterocycles. The van der Waals surface area contributed by atoms with Gasteiger partial charge in [0.2, 0.25) is 11.8 Å². The number of rotatable bonds is 3. The van der Waals surface area contributed by atoms with Gasteiger partial charge in [0.1, 0.15) is 0 Å². The fourth-order valence-electron chi connectivity index (χ4n) is 1.51. The average Bonchev–Trinajstić information content (AvgIpc) is 2.78. The molecule has 0 aromatic heterocycles. The Bertz CT molecular complexity index is 549. The van der Waals surface area contributed by atoms with Crippen LogP contribution >= 0.6 is 32.1 Å². The van der Waals surface area contributed by atoms with Gasteiger partial charge in [-0.25, -0.2) is 3.93 Å². The first-order valence-corrected chi connectivity index (χ1v) is 7.62. The zero-order chi connectivity index (χ0) is 16.0. The molecule has 1 fully saturated rings. The molecule has 0 saturated carbocycles. The number of methoxy groups -OCH3 is 1. The second-order valence-electron chi connectivity index (χ2n) is 3.97. The van der Waals surface area contributed by atoms with Crippen molar-refractivity contribution in [1.82, 2.24) is 3.93 Å². The van der Waals surface area contributed by atoms with Gasteiger partial charge < -0.3 is 4.74 Å². The van der Waals surface area contributed by atoms with Crippen molar-refractivity contribution in [2.24, 2.45) is 0 Å². The normalized spacial score (nSPS) is 13.8. The van der Waals surface area contributed by atoms with Crippen LogP contribution in [0.3, 0.4) is 0 Å². The molecule has 0 N–H and O–H groups in total. The molecular formula is C12H12Br2N2O5. The van der Waals surface area contributed by atoms with E-state index in [2.05, 4.69) is 32.1 Å². The van der Waals surface area contributed by atoms with Crippen LogP contribution in [0.15, 0.2) is 18.2 Å². The molecule has 1 aromatic rings. The Kier molecular flexibility index (Phi) is 6.76. The number of alkyl halides is 1. The van der Waals surface area contributed by atoms with Crippen LogP contribution in [0.5, 0.6) is 5.75 Å². The average molecular weight is 424 g/mol. The number of hydrogen-bond donors (Lipinski definition) is 0. The van der Waals surface area contributed by atoms with E-state index >= 15 is 0 Å². The number of imide groups is 1. The molecule has 0 spiro atoms. The summed E-state index contributed by atoms with van der Waals surface area (Å²) in [6.45, 7) is 0. The van der Waals surface area contributed by atoms with E-state index in [1.165, 1.54) is 13.2 Å². The van der Waals surface area contributed by atoms with Crippen molar-refractivity contribution in [1.29, 1.82) is 0 Å². The predicted octanol–water partition coefficient (Wildman–Crippen LogP) is 2.94. The topological polar surface area (TPSA) is 89.7 Å². The zero-order valence-corrected chi connectivity index (χ0v) is 14.2. The summed E-state index contributed by atoms with van der Waals surface area (Å²) in [6, 6.07) is 4.78. The van der Waals surface area contributed by atoms with Gasteiger partial charge in [0.05, 0.1) is 28.2 Å². The lowest BCUT2D eigenvalue weighted by atomic mass is 10.2. The van der Waals surface area contributed by atoms with Crippen LogP contribution in [0.1, 0.15) is 18.4 Å². The highest BCUT2D eigenvalue weighted by molar-refractivity contribution is 9.08. The van der Waals surface area contributed by atoms with E-state index in [0.29, 0.717) is 23.9 Å². The number of carbonyl (C=O) groups excluding carboxylic acids is 2. The van der Waals surface area contributed by atoms with E-state index in [1.54, 1.807) is 12.1 Å². The number of nitro groups is 1. The monoisotopic (exact) mass is 422 g/mol. The highest BCUT2D eigenvalue weighted by Gasteiger charge is 2.26. The molecule has 114 valence electrons. The second kappa shape index (κ2) is 8.08. The minimum Gasteiger partial charge on any atom is -0.490 e. The molecule has 0 atom stereocenters. The van der Waals surface area contributed by atoms with Gasteiger partial charge >= 0.3 is 5.69 Å². The summed E-state index contributed by atoms with van der Waals surface area (Å²) in [7, 11) is 1.42. The van der Waals surface area contributed by atoms with Crippen LogP contribution in [0.4, 0.5) is 5.69 Å². The highest BCUT2D eigenvalue weighted by Crippen LogP contribution is 2.28. The van der Waals surface area contributed by atoms with E-state index in [0.717, 1.165) is 9.49 Å². The summed E-state index contributed by atoms with van der Waals surface area (Å²) in [5, 5.41) is 11.1. The van der Waals surface area contributed by atoms with Crippen LogP contribution in [0, 0.1) is 10.1 Å². The van der Waals surface area contributed by atoms with Crippen LogP contribution in [0.2, 0.25) is 0 Å². The summed E-state index contributed by atoms with van der Waals surface area (Å²) >= 11 is 6.06. The first kappa shape index (κ1) is 17.6. The largest absolute Gasteiger partial charge is 0.490 e. The summed E-state index contributed by atoms with van der Waals surface area (Å²) in [5.41, 5.74) is 0.939. The van der Waals surface area contributed by atoms with Crippen LogP contribution in [-0.2, 0) is 14.9 Å². The first-order chi connectivity index (χ1) is 9.90. The van der Waals surface area contributed by atoms with Crippen molar-refractivity contribution in [3.05, 3.63) is 33.9 Å². The van der Waals surface area contributed by atoms with Crippen LogP contribution in [0.25, 0.3) is 0 Å². The Labute approximate surface area is 137 Å². The number of halogens is 2. The summed E-state index contributed by atoms with van der Waals surface area (Å²) in [5.74, 6) is 0.00644. The molecule has 0 bridgehead atoms. The molecule has 1 aromatic carbocycles. The number of nitrogens with zero attached hydrogens (tertiary/aromatic N) is 2. The number of benzene rings is 1. The molecule has 1 aliphatic rings. The molecule has 1 aliphatic heterocycles. The molecular weight excluding hydrogens is 412 g/mol. The Morgan fingerprint density at radius 2 is 1.90 bits per heavy atom. The Morgan fingerprint density at radius 3 is 2.24 bits per heavy atom. The Morgan fingerprint density at radius 1 is 1.33 bits per heavy atom. The van der Waals surface area contributed by atoms with Gasteiger partial charge in [-0.2, -0.15) is 0 Å². The van der Waals surface area contributed by atoms with E-state index in [9.17, 15) is 19.7 Å². The van der Waals surface area contributed by atoms with E-state index in [4.69, 9.17) is 4.74 Å². The molecule has 1 saturated heterocycles. The molecule has 0 radical (unpaired) electrons. The molecule has 2 amide bonds. The van der Waals surface area contributed by atoms with Crippen LogP contribution < -0.4 is 4.74 Å². The van der Waals surface area contributed by atoms with Crippen molar-refractivity contribution < 1.29 is 19.2 Å². The van der Waals surface area contributed by atoms with Crippen molar-refractivity contribution in [3.8, 4) is 5.75 Å². The van der Waals surface area contributed by atoms with Gasteiger partial charge in [0.15, 0.2) is 5.75 Å². The molecule has 21 heavy (non-hydrogen) atoms. The van der Waals surface area contributed by atoms with Gasteiger partial charge in [-0.1, -0.05) is 22.0 Å². The van der Waals surface area contributed by atoms with Gasteiger partial charge in [0, 0.05) is 24.2 Å². The van der Waals surface area contributed by atoms with Crippen molar-refractivity contribution in [2.45, 2.75) is 18.2 Å². The third-order valence-electron chi connectivity index (χ3n) is 2.59. The third-order valence-corrected chi connectivity index (χ3v) is 4.02. The minimum absolute atomic E-state index is 0.00722. The fourth-order valence-corrected chi connectivity index (χ4v) is 2.21. The number of carbonyl (C=O) groups is 2. The highest BCUT2D eigenvalue weighted by atomic mass is 79.9. The maximum Gasteiger partial charge on any atom is 0.310 e. The lowest BCUT2D eigenvalue weighted by molar-refractivity contribution is -0.385. The molecule has 2 rings (SSSR count). The number of hydrogen-bond acceptors (Lipinski definition) is 5. The molecule has 0 aliphatic carbocycles. The van der Waals surface area contributed by atoms with E-state index < -0.39 is 4.92 Å². The standard InChI is InChI=1S/C8H8BrNO3.C4H4BrNO2/c1-13-8-4-6(5-9)2-3-7(8)10(11)12;5-6-3(7)1-2-4(6)8/h2-4H,5H2,1H3;1-2H2. The van der Waals surface area contributed by atoms with Gasteiger partial charge in [-0.15, -0.1) is 0 Å². The third kappa shape index (κ3) is 4.78. The van der Waals surface area contributed by atoms with Gasteiger partial charge in [0.25, 0.3) is 0 Å². The number of ether oxygens (including phenoxy) is 1. The van der Waals surface area contributed by atoms with Crippen LogP contribution in [-0.4, -0.2) is 27.8 Å². The number of nitro benzene ring substituents is 1. The molecule has 0 unspecified atom stereocenters. The lowest BCUT2D eigenvalue weighted by Crippen LogP contribution is -2.16. The molecule has 9 heteroatoms. The SMILES string of the molecule is COc1cc(CBr)ccc1[N+](=O)[O-].O=C1CCC(=O)N1Br. The zero-order valence-electron chi connectivity index (χ0n) is 11.0. The first-order valence-electron chi connectivity index (χ1n) is 5.79. The smallest absolute Gasteiger partial charge is 0.310 e. The quantitative estimate of drug-likeness (QED) is 0.245. The van der Waals surface area contributed by atoms with Gasteiger partial charge in [-0.3, -0.25) is 19.7 Å². The predicted molar refractivity (Wildman–Crippen MR) is 82.3 cm³/mol. The van der Waals surface area contributed by atoms with Gasteiger partial charge in [-0.05, 0) is 11.6 Å². The maximum absolute atomic E-state index is 10.5.